The van der Waals surface area contributed by atoms with Crippen molar-refractivity contribution in [1.29, 1.82) is 0 Å². The molecule has 0 unspecified atom stereocenters. The van der Waals surface area contributed by atoms with Crippen molar-refractivity contribution in [3.05, 3.63) is 11.1 Å². The summed E-state index contributed by atoms with van der Waals surface area (Å²) in [7, 11) is 0. The molecule has 0 saturated carbocycles. The van der Waals surface area contributed by atoms with Crippen molar-refractivity contribution in [2.24, 2.45) is 5.92 Å². The van der Waals surface area contributed by atoms with Crippen molar-refractivity contribution in [3.63, 3.8) is 0 Å². The molecular weight excluding hydrogens is 258 g/mol. The molecule has 1 aliphatic rings. The van der Waals surface area contributed by atoms with Gasteiger partial charge in [0.2, 0.25) is 0 Å². The first-order chi connectivity index (χ1) is 7.08. The Morgan fingerprint density at radius 3 is 2.53 bits per heavy atom. The molecule has 0 amide bonds. The summed E-state index contributed by atoms with van der Waals surface area (Å²) in [5.41, 5.74) is 0. The smallest absolute Gasteiger partial charge is 0.303 e. The minimum atomic E-state index is -0.675. The average molecular weight is 276 g/mol. The van der Waals surface area contributed by atoms with Crippen LogP contribution >= 0.6 is 15.9 Å². The van der Waals surface area contributed by atoms with Crippen molar-refractivity contribution >= 4 is 21.9 Å². The van der Waals surface area contributed by atoms with Gasteiger partial charge in [-0.15, -0.1) is 0 Å². The zero-order valence-corrected chi connectivity index (χ0v) is 10.5. The molecule has 1 saturated heterocycles. The Kier molecular flexibility index (Phi) is 5.32. The number of nitrogens with zero attached hydrogens (tertiary/aromatic N) is 1. The molecular formula is C11H18BrNO2. The third-order valence-electron chi connectivity index (χ3n) is 2.87. The lowest BCUT2D eigenvalue weighted by Gasteiger charge is -2.31. The standard InChI is InChI=1S/C11H18BrNO2/c1-9(12)8-13-6-4-10(5-7-13)2-3-11(14)15/h10H,1-8H2,(H,14,15). The fraction of sp³-hybridized carbons (Fsp3) is 0.727. The summed E-state index contributed by atoms with van der Waals surface area (Å²) in [4.78, 5) is 12.8. The fourth-order valence-electron chi connectivity index (χ4n) is 2.00. The van der Waals surface area contributed by atoms with Gasteiger partial charge in [0.15, 0.2) is 0 Å². The third-order valence-corrected chi connectivity index (χ3v) is 3.12. The number of halogens is 1. The minimum Gasteiger partial charge on any atom is -0.481 e. The Bertz CT molecular complexity index is 235. The second kappa shape index (κ2) is 6.28. The summed E-state index contributed by atoms with van der Waals surface area (Å²) in [6.45, 7) is 6.86. The summed E-state index contributed by atoms with van der Waals surface area (Å²) in [6.07, 6.45) is 3.38. The number of carboxylic acids is 1. The predicted molar refractivity (Wildman–Crippen MR) is 64.1 cm³/mol. The number of rotatable bonds is 5. The second-order valence-corrected chi connectivity index (χ2v) is 5.29. The zero-order valence-electron chi connectivity index (χ0n) is 8.91. The highest BCUT2D eigenvalue weighted by molar-refractivity contribution is 9.11. The van der Waals surface area contributed by atoms with Gasteiger partial charge in [-0.25, -0.2) is 0 Å². The Balaban J connectivity index is 2.18. The number of hydrogen-bond donors (Lipinski definition) is 1. The molecule has 0 atom stereocenters. The number of likely N-dealkylation sites (tertiary alicyclic amines) is 1. The van der Waals surface area contributed by atoms with Crippen LogP contribution in [0.4, 0.5) is 0 Å². The monoisotopic (exact) mass is 275 g/mol. The quantitative estimate of drug-likeness (QED) is 0.838. The van der Waals surface area contributed by atoms with Gasteiger partial charge in [-0.2, -0.15) is 0 Å². The van der Waals surface area contributed by atoms with Crippen LogP contribution in [0.25, 0.3) is 0 Å². The van der Waals surface area contributed by atoms with Crippen LogP contribution < -0.4 is 0 Å². The minimum absolute atomic E-state index is 0.315. The van der Waals surface area contributed by atoms with E-state index in [9.17, 15) is 4.79 Å². The van der Waals surface area contributed by atoms with Gasteiger partial charge >= 0.3 is 5.97 Å². The van der Waals surface area contributed by atoms with Crippen LogP contribution in [-0.4, -0.2) is 35.6 Å². The van der Waals surface area contributed by atoms with Crippen molar-refractivity contribution in [2.75, 3.05) is 19.6 Å². The zero-order chi connectivity index (χ0) is 11.3. The fourth-order valence-corrected chi connectivity index (χ4v) is 2.36. The van der Waals surface area contributed by atoms with Crippen LogP contribution in [0.1, 0.15) is 25.7 Å². The Morgan fingerprint density at radius 2 is 2.07 bits per heavy atom. The Labute approximate surface area is 99.3 Å². The molecule has 0 aliphatic carbocycles. The summed E-state index contributed by atoms with van der Waals surface area (Å²) in [5, 5.41) is 8.59. The van der Waals surface area contributed by atoms with Gasteiger partial charge in [0, 0.05) is 17.4 Å². The van der Waals surface area contributed by atoms with E-state index in [1.807, 2.05) is 0 Å². The normalized spacial score (nSPS) is 19.0. The molecule has 86 valence electrons. The molecule has 4 heteroatoms. The highest BCUT2D eigenvalue weighted by atomic mass is 79.9. The lowest BCUT2D eigenvalue weighted by molar-refractivity contribution is -0.137. The second-order valence-electron chi connectivity index (χ2n) is 4.17. The van der Waals surface area contributed by atoms with E-state index in [-0.39, 0.29) is 0 Å². The van der Waals surface area contributed by atoms with Crippen molar-refractivity contribution in [2.45, 2.75) is 25.7 Å². The van der Waals surface area contributed by atoms with Gasteiger partial charge in [0.25, 0.3) is 0 Å². The van der Waals surface area contributed by atoms with Crippen molar-refractivity contribution in [3.8, 4) is 0 Å². The molecule has 15 heavy (non-hydrogen) atoms. The van der Waals surface area contributed by atoms with Gasteiger partial charge < -0.3 is 5.11 Å². The van der Waals surface area contributed by atoms with E-state index in [1.165, 1.54) is 0 Å². The maximum atomic E-state index is 10.4. The molecule has 3 nitrogen and oxygen atoms in total. The van der Waals surface area contributed by atoms with E-state index in [4.69, 9.17) is 5.11 Å². The molecule has 1 fully saturated rings. The van der Waals surface area contributed by atoms with Gasteiger partial charge in [0.1, 0.15) is 0 Å². The molecule has 0 aromatic rings. The first kappa shape index (κ1) is 12.7. The average Bonchev–Trinajstić information content (AvgIpc) is 2.16. The number of aliphatic carboxylic acids is 1. The summed E-state index contributed by atoms with van der Waals surface area (Å²) < 4.78 is 1.02. The number of piperidine rings is 1. The molecule has 0 aromatic heterocycles. The molecule has 0 radical (unpaired) electrons. The van der Waals surface area contributed by atoms with Crippen LogP contribution in [-0.2, 0) is 4.79 Å². The Morgan fingerprint density at radius 1 is 1.47 bits per heavy atom. The van der Waals surface area contributed by atoms with E-state index in [0.717, 1.165) is 43.4 Å². The first-order valence-corrected chi connectivity index (χ1v) is 6.14. The maximum Gasteiger partial charge on any atom is 0.303 e. The molecule has 1 heterocycles. The highest BCUT2D eigenvalue weighted by Crippen LogP contribution is 2.22. The number of carboxylic acid groups (broad SMARTS) is 1. The van der Waals surface area contributed by atoms with E-state index in [0.29, 0.717) is 12.3 Å². The maximum absolute atomic E-state index is 10.4. The SMILES string of the molecule is C=C(Br)CN1CCC(CCC(=O)O)CC1. The third kappa shape index (κ3) is 5.33. The van der Waals surface area contributed by atoms with Crippen LogP contribution in [0.5, 0.6) is 0 Å². The van der Waals surface area contributed by atoms with E-state index < -0.39 is 5.97 Å². The van der Waals surface area contributed by atoms with Gasteiger partial charge in [-0.3, -0.25) is 9.69 Å². The summed E-state index contributed by atoms with van der Waals surface area (Å²) in [5.74, 6) is -0.0767. The van der Waals surface area contributed by atoms with Gasteiger partial charge in [-0.1, -0.05) is 22.5 Å². The Hall–Kier alpha value is -0.350. The molecule has 0 aromatic carbocycles. The van der Waals surface area contributed by atoms with Crippen molar-refractivity contribution in [1.82, 2.24) is 4.90 Å². The largest absolute Gasteiger partial charge is 0.481 e. The molecule has 1 N–H and O–H groups in total. The van der Waals surface area contributed by atoms with E-state index >= 15 is 0 Å². The highest BCUT2D eigenvalue weighted by Gasteiger charge is 2.19. The topological polar surface area (TPSA) is 40.5 Å². The molecule has 0 spiro atoms. The number of carbonyl (C=O) groups is 1. The van der Waals surface area contributed by atoms with Crippen LogP contribution in [0.15, 0.2) is 11.1 Å². The molecule has 0 bridgehead atoms. The molecule has 1 aliphatic heterocycles. The summed E-state index contributed by atoms with van der Waals surface area (Å²) >= 11 is 3.36. The van der Waals surface area contributed by atoms with Crippen LogP contribution in [0, 0.1) is 5.92 Å². The van der Waals surface area contributed by atoms with Crippen LogP contribution in [0.2, 0.25) is 0 Å². The van der Waals surface area contributed by atoms with E-state index in [1.54, 1.807) is 0 Å². The van der Waals surface area contributed by atoms with Gasteiger partial charge in [-0.05, 0) is 38.3 Å². The van der Waals surface area contributed by atoms with E-state index in [2.05, 4.69) is 27.4 Å². The number of hydrogen-bond acceptors (Lipinski definition) is 2. The molecule has 1 rings (SSSR count). The van der Waals surface area contributed by atoms with Crippen LogP contribution in [0.3, 0.4) is 0 Å². The predicted octanol–water partition coefficient (Wildman–Crippen LogP) is 2.47. The summed E-state index contributed by atoms with van der Waals surface area (Å²) in [6, 6.07) is 0. The van der Waals surface area contributed by atoms with Crippen molar-refractivity contribution < 1.29 is 9.90 Å². The lowest BCUT2D eigenvalue weighted by Crippen LogP contribution is -2.34. The first-order valence-electron chi connectivity index (χ1n) is 5.35. The van der Waals surface area contributed by atoms with Gasteiger partial charge in [0.05, 0.1) is 0 Å². The lowest BCUT2D eigenvalue weighted by atomic mass is 9.92.